The molecule has 1 aliphatic heterocycles. The van der Waals surface area contributed by atoms with Crippen LogP contribution in [-0.4, -0.2) is 11.4 Å². The zero-order valence-electron chi connectivity index (χ0n) is 8.34. The first-order valence-electron chi connectivity index (χ1n) is 4.49. The van der Waals surface area contributed by atoms with Crippen LogP contribution in [0.1, 0.15) is 18.5 Å². The van der Waals surface area contributed by atoms with Crippen molar-refractivity contribution in [1.82, 2.24) is 0 Å². The van der Waals surface area contributed by atoms with Gasteiger partial charge in [0.1, 0.15) is 0 Å². The summed E-state index contributed by atoms with van der Waals surface area (Å²) in [6.45, 7) is 2.07. The second kappa shape index (κ2) is 4.36. The normalized spacial score (nSPS) is 19.2. The summed E-state index contributed by atoms with van der Waals surface area (Å²) in [6.07, 6.45) is 2.01. The highest BCUT2D eigenvalue weighted by Gasteiger charge is 2.20. The Morgan fingerprint density at radius 1 is 1.53 bits per heavy atom. The maximum Gasteiger partial charge on any atom is 0.161 e. The molecule has 0 bridgehead atoms. The first kappa shape index (κ1) is 11.3. The number of anilines is 1. The van der Waals surface area contributed by atoms with E-state index >= 15 is 0 Å². The molecule has 0 aromatic heterocycles. The van der Waals surface area contributed by atoms with Crippen molar-refractivity contribution in [2.24, 2.45) is 4.99 Å². The van der Waals surface area contributed by atoms with E-state index in [1.54, 1.807) is 11.8 Å². The molecule has 0 saturated heterocycles. The fourth-order valence-electron chi connectivity index (χ4n) is 1.54. The Bertz CT molecular complexity index is 434. The quantitative estimate of drug-likeness (QED) is 0.772. The standard InChI is InChI=1S/C10H10BrClN2S/c1-5-7-3-6(12)4-8(11)9(7)14-10(13-5)15-2/h3-5H,1-2H3,(H,13,14). The summed E-state index contributed by atoms with van der Waals surface area (Å²) in [4.78, 5) is 4.51. The Morgan fingerprint density at radius 3 is 2.93 bits per heavy atom. The Balaban J connectivity index is 2.51. The molecular formula is C10H10BrClN2S. The van der Waals surface area contributed by atoms with Crippen molar-refractivity contribution in [3.05, 3.63) is 27.2 Å². The second-order valence-corrected chi connectivity index (χ2v) is 5.38. The number of rotatable bonds is 0. The molecule has 1 aliphatic rings. The van der Waals surface area contributed by atoms with Crippen molar-refractivity contribution >= 4 is 50.1 Å². The van der Waals surface area contributed by atoms with Gasteiger partial charge < -0.3 is 5.32 Å². The Kier molecular flexibility index (Phi) is 3.28. The molecule has 1 heterocycles. The van der Waals surface area contributed by atoms with Crippen molar-refractivity contribution in [2.45, 2.75) is 13.0 Å². The monoisotopic (exact) mass is 304 g/mol. The lowest BCUT2D eigenvalue weighted by molar-refractivity contribution is 0.816. The number of aliphatic imine (C=N–C) groups is 1. The van der Waals surface area contributed by atoms with Gasteiger partial charge in [-0.2, -0.15) is 0 Å². The zero-order valence-corrected chi connectivity index (χ0v) is 11.5. The number of nitrogens with zero attached hydrogens (tertiary/aromatic N) is 1. The van der Waals surface area contributed by atoms with Crippen LogP contribution in [0, 0.1) is 0 Å². The van der Waals surface area contributed by atoms with Gasteiger partial charge in [0, 0.05) is 15.1 Å². The smallest absolute Gasteiger partial charge is 0.161 e. The van der Waals surface area contributed by atoms with Gasteiger partial charge >= 0.3 is 0 Å². The highest BCUT2D eigenvalue weighted by molar-refractivity contribution is 9.10. The van der Waals surface area contributed by atoms with Crippen molar-refractivity contribution < 1.29 is 0 Å². The number of benzene rings is 1. The lowest BCUT2D eigenvalue weighted by Gasteiger charge is -2.23. The van der Waals surface area contributed by atoms with E-state index in [4.69, 9.17) is 11.6 Å². The van der Waals surface area contributed by atoms with Gasteiger partial charge in [0.2, 0.25) is 0 Å². The van der Waals surface area contributed by atoms with Crippen molar-refractivity contribution in [1.29, 1.82) is 0 Å². The molecule has 1 atom stereocenters. The minimum atomic E-state index is 0.152. The Hall–Kier alpha value is -0.190. The molecule has 0 spiro atoms. The average Bonchev–Trinajstić information content (AvgIpc) is 2.19. The van der Waals surface area contributed by atoms with Gasteiger partial charge in [-0.05, 0) is 41.2 Å². The van der Waals surface area contributed by atoms with Crippen molar-refractivity contribution in [3.8, 4) is 0 Å². The maximum absolute atomic E-state index is 6.01. The molecular weight excluding hydrogens is 296 g/mol. The van der Waals surface area contributed by atoms with Crippen LogP contribution in [0.2, 0.25) is 5.02 Å². The highest BCUT2D eigenvalue weighted by Crippen LogP contribution is 2.38. The summed E-state index contributed by atoms with van der Waals surface area (Å²) in [5.74, 6) is 0. The molecule has 5 heteroatoms. The number of fused-ring (bicyclic) bond motifs is 1. The molecule has 1 aromatic carbocycles. The number of nitrogens with one attached hydrogen (secondary N) is 1. The van der Waals surface area contributed by atoms with Crippen LogP contribution in [0.25, 0.3) is 0 Å². The Labute approximate surface area is 107 Å². The van der Waals surface area contributed by atoms with E-state index < -0.39 is 0 Å². The van der Waals surface area contributed by atoms with Crippen LogP contribution in [0.4, 0.5) is 5.69 Å². The van der Waals surface area contributed by atoms with Crippen LogP contribution < -0.4 is 5.32 Å². The molecule has 2 rings (SSSR count). The summed E-state index contributed by atoms with van der Waals surface area (Å²) in [5, 5.41) is 4.96. The van der Waals surface area contributed by atoms with Crippen LogP contribution in [0.15, 0.2) is 21.6 Å². The molecule has 1 aromatic rings. The molecule has 80 valence electrons. The first-order chi connectivity index (χ1) is 7.11. The second-order valence-electron chi connectivity index (χ2n) is 3.29. The third-order valence-electron chi connectivity index (χ3n) is 2.27. The SMILES string of the molecule is CSC1=NC(C)c2cc(Cl)cc(Br)c2N1. The number of thioether (sulfide) groups is 1. The molecule has 0 amide bonds. The summed E-state index contributed by atoms with van der Waals surface area (Å²) in [6, 6.07) is 4.00. The summed E-state index contributed by atoms with van der Waals surface area (Å²) >= 11 is 11.1. The van der Waals surface area contributed by atoms with Gasteiger partial charge in [-0.25, -0.2) is 0 Å². The van der Waals surface area contributed by atoms with E-state index in [0.29, 0.717) is 0 Å². The number of halogens is 2. The van der Waals surface area contributed by atoms with E-state index in [-0.39, 0.29) is 6.04 Å². The molecule has 2 nitrogen and oxygen atoms in total. The van der Waals surface area contributed by atoms with Gasteiger partial charge in [-0.3, -0.25) is 4.99 Å². The van der Waals surface area contributed by atoms with E-state index in [9.17, 15) is 0 Å². The third kappa shape index (κ3) is 2.17. The minimum absolute atomic E-state index is 0.152. The zero-order chi connectivity index (χ0) is 11.0. The van der Waals surface area contributed by atoms with Crippen LogP contribution >= 0.6 is 39.3 Å². The molecule has 1 unspecified atom stereocenters. The largest absolute Gasteiger partial charge is 0.334 e. The molecule has 0 saturated carbocycles. The van der Waals surface area contributed by atoms with E-state index in [0.717, 1.165) is 25.9 Å². The van der Waals surface area contributed by atoms with Crippen LogP contribution in [0.5, 0.6) is 0 Å². The molecule has 15 heavy (non-hydrogen) atoms. The third-order valence-corrected chi connectivity index (χ3v) is 3.71. The lowest BCUT2D eigenvalue weighted by atomic mass is 10.1. The number of amidine groups is 1. The van der Waals surface area contributed by atoms with Crippen LogP contribution in [-0.2, 0) is 0 Å². The molecule has 0 fully saturated rings. The van der Waals surface area contributed by atoms with E-state index in [1.165, 1.54) is 0 Å². The van der Waals surface area contributed by atoms with Gasteiger partial charge in [-0.1, -0.05) is 23.4 Å². The Morgan fingerprint density at radius 2 is 2.27 bits per heavy atom. The predicted octanol–water partition coefficient (Wildman–Crippen LogP) is 4.31. The van der Waals surface area contributed by atoms with Gasteiger partial charge in [0.05, 0.1) is 11.7 Å². The topological polar surface area (TPSA) is 24.4 Å². The predicted molar refractivity (Wildman–Crippen MR) is 72.1 cm³/mol. The fraction of sp³-hybridized carbons (Fsp3) is 0.300. The number of hydrogen-bond donors (Lipinski definition) is 1. The van der Waals surface area contributed by atoms with Crippen LogP contribution in [0.3, 0.4) is 0 Å². The van der Waals surface area contributed by atoms with Gasteiger partial charge in [0.15, 0.2) is 5.17 Å². The van der Waals surface area contributed by atoms with Crippen molar-refractivity contribution in [3.63, 3.8) is 0 Å². The fourth-order valence-corrected chi connectivity index (χ4v) is 2.94. The van der Waals surface area contributed by atoms with Gasteiger partial charge in [0.25, 0.3) is 0 Å². The first-order valence-corrected chi connectivity index (χ1v) is 6.89. The molecule has 1 N–H and O–H groups in total. The lowest BCUT2D eigenvalue weighted by Crippen LogP contribution is -2.16. The summed E-state index contributed by atoms with van der Waals surface area (Å²) in [5.41, 5.74) is 2.21. The molecule has 0 radical (unpaired) electrons. The van der Waals surface area contributed by atoms with Crippen molar-refractivity contribution in [2.75, 3.05) is 11.6 Å². The molecule has 0 aliphatic carbocycles. The number of hydrogen-bond acceptors (Lipinski definition) is 3. The highest BCUT2D eigenvalue weighted by atomic mass is 79.9. The van der Waals surface area contributed by atoms with E-state index in [1.807, 2.05) is 18.4 Å². The van der Waals surface area contributed by atoms with E-state index in [2.05, 4.69) is 33.2 Å². The summed E-state index contributed by atoms with van der Waals surface area (Å²) < 4.78 is 0.985. The summed E-state index contributed by atoms with van der Waals surface area (Å²) in [7, 11) is 0. The average molecular weight is 306 g/mol. The van der Waals surface area contributed by atoms with Gasteiger partial charge in [-0.15, -0.1) is 0 Å². The minimum Gasteiger partial charge on any atom is -0.334 e. The maximum atomic E-state index is 6.01.